The number of nitrogen functional groups attached to an aromatic ring is 1. The third-order valence-electron chi connectivity index (χ3n) is 2.37. The molecule has 2 aromatic rings. The third kappa shape index (κ3) is 2.45. The third-order valence-corrected chi connectivity index (χ3v) is 3.51. The number of nitrogens with two attached hydrogens (primary N) is 1. The number of nitrogens with one attached hydrogen (secondary N) is 1. The maximum Gasteiger partial charge on any atom is 0.251 e. The van der Waals surface area contributed by atoms with Gasteiger partial charge in [0.2, 0.25) is 0 Å². The lowest BCUT2D eigenvalue weighted by Crippen LogP contribution is -2.17. The Kier molecular flexibility index (Phi) is 3.52. The molecule has 0 radical (unpaired) electrons. The second-order valence-electron chi connectivity index (χ2n) is 3.60. The molecule has 94 valence electrons. The van der Waals surface area contributed by atoms with Gasteiger partial charge in [-0.15, -0.1) is 0 Å². The van der Waals surface area contributed by atoms with E-state index in [9.17, 15) is 4.79 Å². The number of carbonyl (C=O) groups is 1. The van der Waals surface area contributed by atoms with Crippen LogP contribution >= 0.6 is 11.8 Å². The molecule has 0 aliphatic rings. The van der Waals surface area contributed by atoms with Gasteiger partial charge in [-0.3, -0.25) is 4.79 Å². The Morgan fingerprint density at radius 3 is 2.83 bits per heavy atom. The Morgan fingerprint density at radius 2 is 2.28 bits per heavy atom. The highest BCUT2D eigenvalue weighted by Crippen LogP contribution is 2.30. The fourth-order valence-electron chi connectivity index (χ4n) is 1.40. The minimum absolute atomic E-state index is 0.156. The summed E-state index contributed by atoms with van der Waals surface area (Å²) in [5, 5.41) is 7.28. The predicted octanol–water partition coefficient (Wildman–Crippen LogP) is 0.908. The summed E-state index contributed by atoms with van der Waals surface area (Å²) in [6, 6.07) is 5.19. The lowest BCUT2D eigenvalue weighted by atomic mass is 10.2. The highest BCUT2D eigenvalue weighted by atomic mass is 32.2. The van der Waals surface area contributed by atoms with Crippen LogP contribution in [-0.4, -0.2) is 27.7 Å². The van der Waals surface area contributed by atoms with Crippen LogP contribution < -0.4 is 11.1 Å². The Bertz CT molecular complexity index is 581. The van der Waals surface area contributed by atoms with Crippen molar-refractivity contribution < 1.29 is 4.79 Å². The SMILES string of the molecule is CNC(=O)c1ccc(Sc2ncnn2C)c(N)c1. The van der Waals surface area contributed by atoms with E-state index in [1.54, 1.807) is 29.9 Å². The number of anilines is 1. The van der Waals surface area contributed by atoms with E-state index in [4.69, 9.17) is 5.73 Å². The second-order valence-corrected chi connectivity index (χ2v) is 4.61. The summed E-state index contributed by atoms with van der Waals surface area (Å²) >= 11 is 1.41. The lowest BCUT2D eigenvalue weighted by Gasteiger charge is -2.06. The van der Waals surface area contributed by atoms with Gasteiger partial charge in [-0.2, -0.15) is 5.10 Å². The molecule has 0 saturated heterocycles. The molecule has 0 bridgehead atoms. The van der Waals surface area contributed by atoms with Crippen LogP contribution in [0.15, 0.2) is 34.6 Å². The van der Waals surface area contributed by atoms with Crippen molar-refractivity contribution >= 4 is 23.4 Å². The zero-order chi connectivity index (χ0) is 13.1. The first-order chi connectivity index (χ1) is 8.61. The maximum absolute atomic E-state index is 11.4. The average Bonchev–Trinajstić information content (AvgIpc) is 2.76. The van der Waals surface area contributed by atoms with Gasteiger partial charge in [0.1, 0.15) is 6.33 Å². The van der Waals surface area contributed by atoms with Gasteiger partial charge in [0.05, 0.1) is 0 Å². The van der Waals surface area contributed by atoms with E-state index in [1.807, 2.05) is 7.05 Å². The fourth-order valence-corrected chi connectivity index (χ4v) is 2.19. The second kappa shape index (κ2) is 5.09. The van der Waals surface area contributed by atoms with Gasteiger partial charge < -0.3 is 11.1 Å². The fraction of sp³-hybridized carbons (Fsp3) is 0.182. The number of amides is 1. The van der Waals surface area contributed by atoms with Gasteiger partial charge >= 0.3 is 0 Å². The van der Waals surface area contributed by atoms with Crippen molar-refractivity contribution in [3.63, 3.8) is 0 Å². The first-order valence-corrected chi connectivity index (χ1v) is 6.07. The van der Waals surface area contributed by atoms with Crippen LogP contribution in [0.5, 0.6) is 0 Å². The monoisotopic (exact) mass is 263 g/mol. The normalized spacial score (nSPS) is 10.3. The van der Waals surface area contributed by atoms with Crippen LogP contribution in [0.1, 0.15) is 10.4 Å². The molecule has 1 amide bonds. The summed E-state index contributed by atoms with van der Waals surface area (Å²) in [5.74, 6) is -0.156. The standard InChI is InChI=1S/C11H13N5OS/c1-13-10(17)7-3-4-9(8(12)5-7)18-11-14-6-15-16(11)2/h3-6H,12H2,1-2H3,(H,13,17). The van der Waals surface area contributed by atoms with Gasteiger partial charge in [-0.1, -0.05) is 0 Å². The minimum Gasteiger partial charge on any atom is -0.398 e. The van der Waals surface area contributed by atoms with Gasteiger partial charge in [0.25, 0.3) is 5.91 Å². The van der Waals surface area contributed by atoms with E-state index in [0.29, 0.717) is 11.3 Å². The lowest BCUT2D eigenvalue weighted by molar-refractivity contribution is 0.0963. The van der Waals surface area contributed by atoms with Crippen molar-refractivity contribution in [1.82, 2.24) is 20.1 Å². The molecule has 3 N–H and O–H groups in total. The van der Waals surface area contributed by atoms with E-state index in [-0.39, 0.29) is 5.91 Å². The number of rotatable bonds is 3. The van der Waals surface area contributed by atoms with E-state index < -0.39 is 0 Å². The number of benzene rings is 1. The molecule has 1 aromatic carbocycles. The van der Waals surface area contributed by atoms with Crippen LogP contribution in [0.4, 0.5) is 5.69 Å². The molecule has 0 saturated carbocycles. The molecule has 0 fully saturated rings. The Balaban J connectivity index is 2.25. The smallest absolute Gasteiger partial charge is 0.251 e. The molecule has 0 unspecified atom stereocenters. The number of carbonyl (C=O) groups excluding carboxylic acids is 1. The van der Waals surface area contributed by atoms with Crippen LogP contribution in [0.2, 0.25) is 0 Å². The zero-order valence-electron chi connectivity index (χ0n) is 10.0. The van der Waals surface area contributed by atoms with Gasteiger partial charge in [-0.05, 0) is 30.0 Å². The van der Waals surface area contributed by atoms with E-state index in [0.717, 1.165) is 10.1 Å². The summed E-state index contributed by atoms with van der Waals surface area (Å²) in [4.78, 5) is 16.4. The summed E-state index contributed by atoms with van der Waals surface area (Å²) in [6.07, 6.45) is 1.48. The molecular weight excluding hydrogens is 250 g/mol. The summed E-state index contributed by atoms with van der Waals surface area (Å²) in [6.45, 7) is 0. The molecule has 0 atom stereocenters. The largest absolute Gasteiger partial charge is 0.398 e. The number of aryl methyl sites for hydroxylation is 1. The summed E-state index contributed by atoms with van der Waals surface area (Å²) < 4.78 is 1.66. The maximum atomic E-state index is 11.4. The summed E-state index contributed by atoms with van der Waals surface area (Å²) in [5.41, 5.74) is 7.01. The minimum atomic E-state index is -0.156. The van der Waals surface area contributed by atoms with Crippen LogP contribution in [0, 0.1) is 0 Å². The molecular formula is C11H13N5OS. The molecule has 18 heavy (non-hydrogen) atoms. The van der Waals surface area contributed by atoms with Crippen LogP contribution in [-0.2, 0) is 7.05 Å². The van der Waals surface area contributed by atoms with Crippen molar-refractivity contribution in [2.75, 3.05) is 12.8 Å². The number of hydrogen-bond donors (Lipinski definition) is 2. The zero-order valence-corrected chi connectivity index (χ0v) is 10.9. The topological polar surface area (TPSA) is 85.8 Å². The number of nitrogens with zero attached hydrogens (tertiary/aromatic N) is 3. The number of aromatic nitrogens is 3. The van der Waals surface area contributed by atoms with Crippen molar-refractivity contribution in [2.24, 2.45) is 7.05 Å². The van der Waals surface area contributed by atoms with Crippen molar-refractivity contribution in [2.45, 2.75) is 10.1 Å². The van der Waals surface area contributed by atoms with Crippen LogP contribution in [0.3, 0.4) is 0 Å². The van der Waals surface area contributed by atoms with Gasteiger partial charge in [0, 0.05) is 30.2 Å². The van der Waals surface area contributed by atoms with Crippen molar-refractivity contribution in [1.29, 1.82) is 0 Å². The predicted molar refractivity (Wildman–Crippen MR) is 69.4 cm³/mol. The van der Waals surface area contributed by atoms with Gasteiger partial charge in [0.15, 0.2) is 5.16 Å². The van der Waals surface area contributed by atoms with Crippen molar-refractivity contribution in [3.8, 4) is 0 Å². The molecule has 0 aliphatic heterocycles. The molecule has 0 spiro atoms. The highest BCUT2D eigenvalue weighted by molar-refractivity contribution is 7.99. The molecule has 2 rings (SSSR count). The van der Waals surface area contributed by atoms with E-state index >= 15 is 0 Å². The average molecular weight is 263 g/mol. The molecule has 7 heteroatoms. The Labute approximate surface area is 109 Å². The summed E-state index contributed by atoms with van der Waals surface area (Å²) in [7, 11) is 3.39. The quantitative estimate of drug-likeness (QED) is 0.804. The number of hydrogen-bond acceptors (Lipinski definition) is 5. The Hall–Kier alpha value is -2.02. The Morgan fingerprint density at radius 1 is 1.50 bits per heavy atom. The molecule has 1 heterocycles. The highest BCUT2D eigenvalue weighted by Gasteiger charge is 2.09. The van der Waals surface area contributed by atoms with Crippen LogP contribution in [0.25, 0.3) is 0 Å². The van der Waals surface area contributed by atoms with E-state index in [2.05, 4.69) is 15.4 Å². The molecule has 0 aliphatic carbocycles. The first-order valence-electron chi connectivity index (χ1n) is 5.25. The van der Waals surface area contributed by atoms with Crippen molar-refractivity contribution in [3.05, 3.63) is 30.1 Å². The first kappa shape index (κ1) is 12.4. The molecule has 1 aromatic heterocycles. The molecule has 6 nitrogen and oxygen atoms in total. The van der Waals surface area contributed by atoms with E-state index in [1.165, 1.54) is 18.1 Å². The van der Waals surface area contributed by atoms with Gasteiger partial charge in [-0.25, -0.2) is 9.67 Å².